The second-order valence-corrected chi connectivity index (χ2v) is 14.1. The minimum absolute atomic E-state index is 0.0120. The van der Waals surface area contributed by atoms with Crippen LogP contribution >= 0.6 is 0 Å². The monoisotopic (exact) mass is 638 g/mol. The molecule has 1 aliphatic carbocycles. The number of carbonyl (C=O) groups excluding carboxylic acids is 1. The van der Waals surface area contributed by atoms with E-state index in [1.807, 2.05) is 32.0 Å². The molecule has 4 atom stereocenters. The number of ether oxygens (including phenoxy) is 3. The number of fused-ring (bicyclic) bond motifs is 5. The van der Waals surface area contributed by atoms with Crippen LogP contribution in [0.25, 0.3) is 22.2 Å². The summed E-state index contributed by atoms with van der Waals surface area (Å²) in [5.74, 6) is 0.909. The van der Waals surface area contributed by atoms with Crippen LogP contribution < -0.4 is 21.6 Å². The molecule has 0 radical (unpaired) electrons. The zero-order chi connectivity index (χ0) is 32.8. The molecular weight excluding hydrogens is 600 g/mol. The molecule has 244 valence electrons. The zero-order valence-electron chi connectivity index (χ0n) is 26.6. The first-order valence-corrected chi connectivity index (χ1v) is 16.3. The Morgan fingerprint density at radius 3 is 2.57 bits per heavy atom. The van der Waals surface area contributed by atoms with Crippen molar-refractivity contribution in [2.75, 3.05) is 11.5 Å². The van der Waals surface area contributed by atoms with Crippen molar-refractivity contribution in [3.05, 3.63) is 69.7 Å². The fourth-order valence-electron chi connectivity index (χ4n) is 8.55. The Morgan fingerprint density at radius 1 is 1.02 bits per heavy atom. The molecule has 4 aromatic rings. The molecule has 11 nitrogen and oxygen atoms in total. The van der Waals surface area contributed by atoms with Crippen molar-refractivity contribution in [1.29, 1.82) is 0 Å². The van der Waals surface area contributed by atoms with E-state index in [0.29, 0.717) is 47.2 Å². The van der Waals surface area contributed by atoms with Gasteiger partial charge in [-0.05, 0) is 95.0 Å². The van der Waals surface area contributed by atoms with Gasteiger partial charge in [-0.2, -0.15) is 0 Å². The molecule has 47 heavy (non-hydrogen) atoms. The first-order chi connectivity index (χ1) is 22.4. The Labute approximate surface area is 271 Å². The van der Waals surface area contributed by atoms with Crippen molar-refractivity contribution < 1.29 is 28.5 Å². The Balaban J connectivity index is 1.10. The maximum absolute atomic E-state index is 14.3. The molecule has 3 saturated heterocycles. The van der Waals surface area contributed by atoms with Crippen LogP contribution in [0.2, 0.25) is 0 Å². The van der Waals surface area contributed by atoms with Gasteiger partial charge in [0.2, 0.25) is 0 Å². The van der Waals surface area contributed by atoms with Gasteiger partial charge in [0.15, 0.2) is 11.0 Å². The van der Waals surface area contributed by atoms with Crippen molar-refractivity contribution in [3.63, 3.8) is 0 Å². The molecule has 7 heterocycles. The lowest BCUT2D eigenvalue weighted by Crippen LogP contribution is -2.53. The molecule has 2 bridgehead atoms. The van der Waals surface area contributed by atoms with Gasteiger partial charge in [-0.3, -0.25) is 4.79 Å². The van der Waals surface area contributed by atoms with Crippen LogP contribution in [-0.2, 0) is 20.7 Å². The van der Waals surface area contributed by atoms with Gasteiger partial charge in [0.25, 0.3) is 0 Å². The number of rotatable bonds is 4. The fraction of sp³-hybridized carbons (Fsp3) is 0.444. The summed E-state index contributed by atoms with van der Waals surface area (Å²) < 4.78 is 25.1. The molecule has 1 aromatic carbocycles. The number of nitrogens with two attached hydrogens (primary N) is 2. The molecule has 3 aromatic heterocycles. The van der Waals surface area contributed by atoms with Crippen molar-refractivity contribution in [2.45, 2.75) is 88.6 Å². The molecule has 0 amide bonds. The molecule has 1 saturated carbocycles. The Morgan fingerprint density at radius 2 is 1.81 bits per heavy atom. The van der Waals surface area contributed by atoms with Gasteiger partial charge in [0.05, 0.1) is 11.8 Å². The van der Waals surface area contributed by atoms with Gasteiger partial charge in [0.1, 0.15) is 51.6 Å². The first-order valence-electron chi connectivity index (χ1n) is 16.3. The van der Waals surface area contributed by atoms with Crippen LogP contribution in [0.5, 0.6) is 11.5 Å². The van der Waals surface area contributed by atoms with Crippen molar-refractivity contribution in [3.8, 4) is 22.8 Å². The Hall–Kier alpha value is -4.64. The average molecular weight is 639 g/mol. The highest BCUT2D eigenvalue weighted by Crippen LogP contribution is 2.60. The SMILES string of the molecule is Cc1cc(=O)c2c(O)c3c(cc2o1)OC(C)(C)[C@@H]1OC(=O)[C@@]2(O[C@@H]2CCc2cc(N)nc(-c4ccnc(N)c4)c2)C2CCC(CC2)[C@H]31. The lowest BCUT2D eigenvalue weighted by atomic mass is 9.66. The van der Waals surface area contributed by atoms with E-state index in [-0.39, 0.29) is 52.0 Å². The molecule has 4 aliphatic heterocycles. The molecule has 5 N–H and O–H groups in total. The van der Waals surface area contributed by atoms with E-state index in [0.717, 1.165) is 36.8 Å². The minimum Gasteiger partial charge on any atom is -0.507 e. The van der Waals surface area contributed by atoms with Crippen LogP contribution in [0, 0.1) is 18.8 Å². The van der Waals surface area contributed by atoms with Gasteiger partial charge < -0.3 is 35.2 Å². The summed E-state index contributed by atoms with van der Waals surface area (Å²) >= 11 is 0. The second kappa shape index (κ2) is 10.4. The molecule has 11 heteroatoms. The number of hydrogen-bond acceptors (Lipinski definition) is 11. The van der Waals surface area contributed by atoms with E-state index in [4.69, 9.17) is 30.1 Å². The summed E-state index contributed by atoms with van der Waals surface area (Å²) in [4.78, 5) is 35.9. The number of phenolic OH excluding ortho intramolecular Hbond substituents is 1. The summed E-state index contributed by atoms with van der Waals surface area (Å²) in [5.41, 5.74) is 13.1. The van der Waals surface area contributed by atoms with Gasteiger partial charge >= 0.3 is 5.97 Å². The number of aromatic nitrogens is 2. The highest BCUT2D eigenvalue weighted by Gasteiger charge is 2.69. The number of phenols is 1. The molecule has 5 aliphatic rings. The first kappa shape index (κ1) is 29.7. The van der Waals surface area contributed by atoms with Gasteiger partial charge in [-0.15, -0.1) is 0 Å². The predicted molar refractivity (Wildman–Crippen MR) is 174 cm³/mol. The Bertz CT molecular complexity index is 2000. The lowest BCUT2D eigenvalue weighted by Gasteiger charge is -2.47. The van der Waals surface area contributed by atoms with E-state index >= 15 is 0 Å². The fourth-order valence-corrected chi connectivity index (χ4v) is 8.55. The van der Waals surface area contributed by atoms with E-state index in [1.165, 1.54) is 6.07 Å². The van der Waals surface area contributed by atoms with Crippen LogP contribution in [0.3, 0.4) is 0 Å². The maximum Gasteiger partial charge on any atom is 0.341 e. The number of carbonyl (C=O) groups is 1. The average Bonchev–Trinajstić information content (AvgIpc) is 3.74. The van der Waals surface area contributed by atoms with Crippen molar-refractivity contribution in [2.24, 2.45) is 11.8 Å². The normalized spacial score (nSPS) is 28.8. The smallest absolute Gasteiger partial charge is 0.341 e. The largest absolute Gasteiger partial charge is 0.507 e. The summed E-state index contributed by atoms with van der Waals surface area (Å²) in [7, 11) is 0. The highest BCUT2D eigenvalue weighted by atomic mass is 16.7. The third-order valence-electron chi connectivity index (χ3n) is 10.7. The van der Waals surface area contributed by atoms with Crippen LogP contribution in [-0.4, -0.2) is 44.5 Å². The topological polar surface area (TPSA) is 176 Å². The molecular formula is C36H38N4O7. The van der Waals surface area contributed by atoms with E-state index < -0.39 is 17.3 Å². The van der Waals surface area contributed by atoms with Crippen LogP contribution in [0.15, 0.2) is 51.8 Å². The number of nitrogen functional groups attached to an aromatic ring is 2. The standard InChI is InChI=1S/C36H38N4O7/c1-17-12-23(41)30-24(44-17)16-25-31(32(30)42)29-19-5-7-21(8-6-19)36(34(43)45-33(29)35(2,3)46-25)26(47-36)9-4-18-13-22(40-28(38)14-18)20-10-11-39-27(37)15-20/h10-16,19,21,26,29,33,42H,4-9H2,1-3H3,(H2,37,39)(H2,38,40)/t19?,21?,26-,29-,33-,36-/m1/s1. The number of anilines is 2. The summed E-state index contributed by atoms with van der Waals surface area (Å²) in [5, 5.41) is 11.7. The number of aryl methyl sites for hydroxylation is 2. The number of pyridine rings is 2. The van der Waals surface area contributed by atoms with E-state index in [2.05, 4.69) is 9.97 Å². The Kier molecular flexibility index (Phi) is 6.60. The second-order valence-electron chi connectivity index (χ2n) is 14.1. The van der Waals surface area contributed by atoms with E-state index in [1.54, 1.807) is 25.3 Å². The molecule has 1 spiro atoms. The predicted octanol–water partition coefficient (Wildman–Crippen LogP) is 5.19. The van der Waals surface area contributed by atoms with Gasteiger partial charge in [-0.25, -0.2) is 14.8 Å². The number of aromatic hydroxyl groups is 1. The summed E-state index contributed by atoms with van der Waals surface area (Å²) in [6.45, 7) is 5.50. The van der Waals surface area contributed by atoms with Gasteiger partial charge in [-0.1, -0.05) is 0 Å². The number of epoxide rings is 1. The highest BCUT2D eigenvalue weighted by molar-refractivity contribution is 5.88. The zero-order valence-corrected chi connectivity index (χ0v) is 26.6. The number of hydrogen-bond donors (Lipinski definition) is 3. The van der Waals surface area contributed by atoms with Crippen LogP contribution in [0.4, 0.5) is 11.6 Å². The van der Waals surface area contributed by atoms with Crippen molar-refractivity contribution >= 4 is 28.6 Å². The molecule has 4 fully saturated rings. The molecule has 9 rings (SSSR count). The maximum atomic E-state index is 14.3. The van der Waals surface area contributed by atoms with Crippen LogP contribution in [0.1, 0.15) is 68.8 Å². The lowest BCUT2D eigenvalue weighted by molar-refractivity contribution is -0.172. The third kappa shape index (κ3) is 4.73. The van der Waals surface area contributed by atoms with E-state index in [9.17, 15) is 14.7 Å². The van der Waals surface area contributed by atoms with Crippen molar-refractivity contribution in [1.82, 2.24) is 9.97 Å². The number of benzene rings is 1. The summed E-state index contributed by atoms with van der Waals surface area (Å²) in [6, 6.07) is 10.5. The minimum atomic E-state index is -1.04. The number of esters is 1. The third-order valence-corrected chi connectivity index (χ3v) is 10.7. The number of nitrogens with zero attached hydrogens (tertiary/aromatic N) is 2. The quantitative estimate of drug-likeness (QED) is 0.198. The molecule has 0 unspecified atom stereocenters. The summed E-state index contributed by atoms with van der Waals surface area (Å²) in [6.07, 6.45) is 5.10. The van der Waals surface area contributed by atoms with Gasteiger partial charge in [0, 0.05) is 41.3 Å².